The van der Waals surface area contributed by atoms with Gasteiger partial charge in [0.1, 0.15) is 23.3 Å². The lowest BCUT2D eigenvalue weighted by Gasteiger charge is -2.27. The van der Waals surface area contributed by atoms with Crippen molar-refractivity contribution >= 4 is 35.7 Å². The highest BCUT2D eigenvalue weighted by Gasteiger charge is 2.28. The summed E-state index contributed by atoms with van der Waals surface area (Å²) in [5, 5.41) is 19.3. The molecule has 10 nitrogen and oxygen atoms in total. The number of phenols is 1. The fraction of sp³-hybridized carbons (Fsp3) is 0.296. The van der Waals surface area contributed by atoms with Gasteiger partial charge < -0.3 is 26.0 Å². The lowest BCUT2D eigenvalue weighted by Crippen LogP contribution is -2.54. The maximum Gasteiger partial charge on any atom is 0.270 e. The van der Waals surface area contributed by atoms with Crippen molar-refractivity contribution in [2.75, 3.05) is 32.1 Å². The molecule has 0 saturated carbocycles. The number of ketones is 1. The zero-order valence-electron chi connectivity index (χ0n) is 21.5. The number of anilines is 1. The van der Waals surface area contributed by atoms with E-state index < -0.39 is 22.9 Å². The molecule has 2 heterocycles. The third-order valence-electron chi connectivity index (χ3n) is 6.38. The summed E-state index contributed by atoms with van der Waals surface area (Å²) in [5.41, 5.74) is 0.392. The number of carbonyl (C=O) groups is 3. The number of halogens is 2. The number of aromatic nitrogens is 2. The van der Waals surface area contributed by atoms with Gasteiger partial charge in [0, 0.05) is 38.0 Å². The standard InChI is InChI=1S/C27H29FN6O4.ClH/c1-34(2)21-9-10-22(35)23(24(21)28)25(36)16-5-7-17(8-6-16)26(37)32-18-4-3-12-29-14-20(18)33-27(38)19-11-13-30-15-31-19;/h5-11,13,15,18,20,29,35H,3-4,12,14H2,1-2H3,(H,32,37)(H,33,38);1H/t18-,20-;/m1./s1. The van der Waals surface area contributed by atoms with Gasteiger partial charge in [0.25, 0.3) is 11.8 Å². The van der Waals surface area contributed by atoms with E-state index in [4.69, 9.17) is 0 Å². The van der Waals surface area contributed by atoms with Crippen molar-refractivity contribution in [1.29, 1.82) is 0 Å². The van der Waals surface area contributed by atoms with E-state index in [-0.39, 0.29) is 53.2 Å². The Morgan fingerprint density at radius 2 is 1.69 bits per heavy atom. The maximum absolute atomic E-state index is 14.9. The van der Waals surface area contributed by atoms with E-state index in [9.17, 15) is 23.9 Å². The van der Waals surface area contributed by atoms with Crippen molar-refractivity contribution in [2.24, 2.45) is 0 Å². The van der Waals surface area contributed by atoms with Crippen LogP contribution in [0.2, 0.25) is 0 Å². The third kappa shape index (κ3) is 6.87. The topological polar surface area (TPSA) is 137 Å². The van der Waals surface area contributed by atoms with Crippen LogP contribution in [0, 0.1) is 5.82 Å². The minimum Gasteiger partial charge on any atom is -0.507 e. The van der Waals surface area contributed by atoms with E-state index in [1.165, 1.54) is 59.9 Å². The summed E-state index contributed by atoms with van der Waals surface area (Å²) < 4.78 is 14.9. The van der Waals surface area contributed by atoms with Gasteiger partial charge in [-0.05, 0) is 49.7 Å². The summed E-state index contributed by atoms with van der Waals surface area (Å²) >= 11 is 0. The van der Waals surface area contributed by atoms with Gasteiger partial charge in [0.15, 0.2) is 11.6 Å². The number of amides is 2. The number of phenolic OH excluding ortho intramolecular Hbond substituents is 1. The van der Waals surface area contributed by atoms with Crippen molar-refractivity contribution in [3.05, 3.63) is 83.2 Å². The molecule has 3 aromatic rings. The number of rotatable bonds is 7. The summed E-state index contributed by atoms with van der Waals surface area (Å²) in [6, 6.07) is 9.23. The van der Waals surface area contributed by atoms with Gasteiger partial charge >= 0.3 is 0 Å². The van der Waals surface area contributed by atoms with E-state index in [1.54, 1.807) is 14.1 Å². The number of aromatic hydroxyl groups is 1. The summed E-state index contributed by atoms with van der Waals surface area (Å²) in [6.07, 6.45) is 4.22. The van der Waals surface area contributed by atoms with Crippen LogP contribution in [0.4, 0.5) is 10.1 Å². The zero-order valence-corrected chi connectivity index (χ0v) is 22.3. The van der Waals surface area contributed by atoms with E-state index in [0.717, 1.165) is 13.0 Å². The Morgan fingerprint density at radius 3 is 2.36 bits per heavy atom. The van der Waals surface area contributed by atoms with Crippen molar-refractivity contribution in [2.45, 2.75) is 24.9 Å². The van der Waals surface area contributed by atoms with E-state index in [2.05, 4.69) is 25.9 Å². The highest BCUT2D eigenvalue weighted by molar-refractivity contribution is 6.11. The fourth-order valence-corrected chi connectivity index (χ4v) is 4.32. The first-order chi connectivity index (χ1) is 18.3. The van der Waals surface area contributed by atoms with Gasteiger partial charge in [-0.25, -0.2) is 14.4 Å². The normalized spacial score (nSPS) is 16.8. The Kier molecular flexibility index (Phi) is 9.91. The molecule has 1 aliphatic heterocycles. The molecule has 2 amide bonds. The lowest BCUT2D eigenvalue weighted by atomic mass is 9.99. The molecule has 0 unspecified atom stereocenters. The Labute approximate surface area is 231 Å². The highest BCUT2D eigenvalue weighted by Crippen LogP contribution is 2.30. The highest BCUT2D eigenvalue weighted by atomic mass is 35.5. The van der Waals surface area contributed by atoms with E-state index >= 15 is 0 Å². The predicted octanol–water partition coefficient (Wildman–Crippen LogP) is 2.32. The minimum absolute atomic E-state index is 0. The monoisotopic (exact) mass is 556 g/mol. The molecule has 0 aliphatic carbocycles. The Bertz CT molecular complexity index is 1320. The number of benzene rings is 2. The van der Waals surface area contributed by atoms with Crippen LogP contribution in [-0.2, 0) is 0 Å². The Hall–Kier alpha value is -4.09. The van der Waals surface area contributed by atoms with Crippen LogP contribution in [0.3, 0.4) is 0 Å². The summed E-state index contributed by atoms with van der Waals surface area (Å²) in [6.45, 7) is 1.22. The second kappa shape index (κ2) is 13.1. The van der Waals surface area contributed by atoms with Crippen LogP contribution in [0.15, 0.2) is 55.0 Å². The molecule has 0 spiro atoms. The molecule has 1 fully saturated rings. The molecule has 4 rings (SSSR count). The predicted molar refractivity (Wildman–Crippen MR) is 146 cm³/mol. The summed E-state index contributed by atoms with van der Waals surface area (Å²) in [7, 11) is 3.26. The maximum atomic E-state index is 14.9. The third-order valence-corrected chi connectivity index (χ3v) is 6.38. The average molecular weight is 557 g/mol. The number of nitrogens with one attached hydrogen (secondary N) is 3. The lowest BCUT2D eigenvalue weighted by molar-refractivity contribution is 0.0880. The van der Waals surface area contributed by atoms with Gasteiger partial charge in [-0.2, -0.15) is 0 Å². The first-order valence-corrected chi connectivity index (χ1v) is 12.2. The molecule has 2 aromatic carbocycles. The second-order valence-corrected chi connectivity index (χ2v) is 9.19. The van der Waals surface area contributed by atoms with Crippen molar-refractivity contribution in [1.82, 2.24) is 25.9 Å². The summed E-state index contributed by atoms with van der Waals surface area (Å²) in [5.74, 6) is -2.72. The largest absolute Gasteiger partial charge is 0.507 e. The molecular weight excluding hydrogens is 527 g/mol. The summed E-state index contributed by atoms with van der Waals surface area (Å²) in [4.78, 5) is 48.0. The molecule has 1 aliphatic rings. The first kappa shape index (κ1) is 29.5. The van der Waals surface area contributed by atoms with Gasteiger partial charge in [0.05, 0.1) is 17.8 Å². The van der Waals surface area contributed by atoms with Crippen molar-refractivity contribution < 1.29 is 23.9 Å². The second-order valence-electron chi connectivity index (χ2n) is 9.19. The molecule has 0 radical (unpaired) electrons. The average Bonchev–Trinajstić information content (AvgIpc) is 3.13. The van der Waals surface area contributed by atoms with Crippen molar-refractivity contribution in [3.63, 3.8) is 0 Å². The SMILES string of the molecule is CN(C)c1ccc(O)c(C(=O)c2ccc(C(=O)N[C@@H]3CCCNC[C@H]3NC(=O)c3ccncn3)cc2)c1F.Cl. The molecule has 206 valence electrons. The smallest absolute Gasteiger partial charge is 0.270 e. The van der Waals surface area contributed by atoms with E-state index in [0.29, 0.717) is 18.5 Å². The molecule has 0 bridgehead atoms. The molecular formula is C27H30ClFN6O4. The van der Waals surface area contributed by atoms with Crippen LogP contribution in [0.5, 0.6) is 5.75 Å². The molecule has 1 saturated heterocycles. The quantitative estimate of drug-likeness (QED) is 0.326. The van der Waals surface area contributed by atoms with Crippen LogP contribution < -0.4 is 20.9 Å². The van der Waals surface area contributed by atoms with E-state index in [1.807, 2.05) is 0 Å². The molecule has 12 heteroatoms. The molecule has 39 heavy (non-hydrogen) atoms. The van der Waals surface area contributed by atoms with Gasteiger partial charge in [-0.15, -0.1) is 12.4 Å². The fourth-order valence-electron chi connectivity index (χ4n) is 4.32. The van der Waals surface area contributed by atoms with Crippen LogP contribution in [0.1, 0.15) is 49.6 Å². The number of hydrogen-bond donors (Lipinski definition) is 4. The van der Waals surface area contributed by atoms with Crippen LogP contribution >= 0.6 is 12.4 Å². The van der Waals surface area contributed by atoms with Gasteiger partial charge in [-0.3, -0.25) is 14.4 Å². The number of carbonyl (C=O) groups excluding carboxylic acids is 3. The molecule has 1 aromatic heterocycles. The molecule has 4 N–H and O–H groups in total. The van der Waals surface area contributed by atoms with Crippen molar-refractivity contribution in [3.8, 4) is 5.75 Å². The van der Waals surface area contributed by atoms with Crippen LogP contribution in [-0.4, -0.2) is 71.9 Å². The number of hydrogen-bond acceptors (Lipinski definition) is 8. The zero-order chi connectivity index (χ0) is 27.2. The Morgan fingerprint density at radius 1 is 1.00 bits per heavy atom. The minimum atomic E-state index is -0.821. The number of nitrogens with zero attached hydrogens (tertiary/aromatic N) is 3. The van der Waals surface area contributed by atoms with Gasteiger partial charge in [0.2, 0.25) is 0 Å². The van der Waals surface area contributed by atoms with Gasteiger partial charge in [-0.1, -0.05) is 12.1 Å². The first-order valence-electron chi connectivity index (χ1n) is 12.2. The molecule has 2 atom stereocenters. The Balaban J connectivity index is 0.00000420. The van der Waals surface area contributed by atoms with Crippen LogP contribution in [0.25, 0.3) is 0 Å².